The summed E-state index contributed by atoms with van der Waals surface area (Å²) < 4.78 is 5.71. The molecule has 0 aliphatic rings. The summed E-state index contributed by atoms with van der Waals surface area (Å²) >= 11 is -0.143. The molecule has 0 aliphatic carbocycles. The number of ether oxygens (including phenoxy) is 1. The Balaban J connectivity index is 1.72. The van der Waals surface area contributed by atoms with Gasteiger partial charge in [0.25, 0.3) is 0 Å². The predicted molar refractivity (Wildman–Crippen MR) is 72.6 cm³/mol. The van der Waals surface area contributed by atoms with Gasteiger partial charge >= 0.3 is 113 Å². The Morgan fingerprint density at radius 1 is 0.944 bits per heavy atom. The Morgan fingerprint density at radius 2 is 1.56 bits per heavy atom. The first-order chi connectivity index (χ1) is 8.86. The quantitative estimate of drug-likeness (QED) is 0.606. The average molecular weight is 305 g/mol. The molecule has 0 bridgehead atoms. The number of rotatable bonds is 6. The van der Waals surface area contributed by atoms with Gasteiger partial charge in [-0.2, -0.15) is 0 Å². The molecule has 0 amide bonds. The van der Waals surface area contributed by atoms with E-state index >= 15 is 0 Å². The van der Waals surface area contributed by atoms with Crippen molar-refractivity contribution in [2.45, 2.75) is 6.61 Å². The monoisotopic (exact) mass is 306 g/mol. The van der Waals surface area contributed by atoms with E-state index in [1.165, 1.54) is 0 Å². The Kier molecular flexibility index (Phi) is 5.15. The summed E-state index contributed by atoms with van der Waals surface area (Å²) in [5.41, 5.74) is 2.44. The van der Waals surface area contributed by atoms with Gasteiger partial charge < -0.3 is 0 Å². The molecular weight excluding hydrogens is 291 g/mol. The Labute approximate surface area is 113 Å². The van der Waals surface area contributed by atoms with Crippen molar-refractivity contribution in [1.29, 1.82) is 0 Å². The Morgan fingerprint density at radius 3 is 2.22 bits per heavy atom. The molecule has 0 saturated heterocycles. The maximum atomic E-state index is 11.8. The topological polar surface area (TPSA) is 26.3 Å². The van der Waals surface area contributed by atoms with Crippen LogP contribution in [-0.2, 0) is 11.3 Å². The third-order valence-electron chi connectivity index (χ3n) is 2.39. The summed E-state index contributed by atoms with van der Waals surface area (Å²) in [6.07, 6.45) is 0. The molecule has 2 rings (SSSR count). The second kappa shape index (κ2) is 7.12. The predicted octanol–water partition coefficient (Wildman–Crippen LogP) is 2.71. The molecule has 0 aromatic heterocycles. The van der Waals surface area contributed by atoms with Gasteiger partial charge in [0.15, 0.2) is 0 Å². The van der Waals surface area contributed by atoms with E-state index in [9.17, 15) is 4.79 Å². The van der Waals surface area contributed by atoms with Gasteiger partial charge in [-0.25, -0.2) is 0 Å². The molecule has 2 nitrogen and oxygen atoms in total. The molecule has 0 spiro atoms. The molecule has 3 heteroatoms. The van der Waals surface area contributed by atoms with Gasteiger partial charge in [-0.3, -0.25) is 0 Å². The van der Waals surface area contributed by atoms with Crippen molar-refractivity contribution < 1.29 is 9.53 Å². The van der Waals surface area contributed by atoms with Crippen molar-refractivity contribution >= 4 is 19.6 Å². The van der Waals surface area contributed by atoms with Gasteiger partial charge in [0.2, 0.25) is 0 Å². The third kappa shape index (κ3) is 4.11. The summed E-state index contributed by atoms with van der Waals surface area (Å²) in [6, 6.07) is 19.4. The summed E-state index contributed by atoms with van der Waals surface area (Å²) in [5, 5.41) is 0. The van der Waals surface area contributed by atoms with Gasteiger partial charge in [-0.05, 0) is 0 Å². The Hall–Kier alpha value is -1.41. The van der Waals surface area contributed by atoms with E-state index < -0.39 is 0 Å². The van der Waals surface area contributed by atoms with Gasteiger partial charge in [0.1, 0.15) is 0 Å². The zero-order chi connectivity index (χ0) is 12.6. The molecule has 0 fully saturated rings. The van der Waals surface area contributed by atoms with Gasteiger partial charge in [-0.1, -0.05) is 0 Å². The molecule has 0 N–H and O–H groups in total. The van der Waals surface area contributed by atoms with Crippen LogP contribution in [0.15, 0.2) is 60.7 Å². The van der Waals surface area contributed by atoms with E-state index in [0.717, 1.165) is 11.1 Å². The molecule has 0 radical (unpaired) electrons. The summed E-state index contributed by atoms with van der Waals surface area (Å²) in [6.45, 7) is 0.574. The van der Waals surface area contributed by atoms with Crippen LogP contribution in [0.4, 0.5) is 0 Å². The van der Waals surface area contributed by atoms with E-state index in [0.29, 0.717) is 12.1 Å². The molecule has 2 aromatic carbocycles. The number of hydrogen-bond acceptors (Lipinski definition) is 2. The van der Waals surface area contributed by atoms with E-state index in [1.807, 2.05) is 60.7 Å². The molecule has 18 heavy (non-hydrogen) atoms. The molecule has 0 atom stereocenters. The van der Waals surface area contributed by atoms with E-state index in [2.05, 4.69) is 0 Å². The number of benzene rings is 2. The second-order valence-electron chi connectivity index (χ2n) is 3.75. The average Bonchev–Trinajstić information content (AvgIpc) is 2.45. The van der Waals surface area contributed by atoms with Crippen LogP contribution in [0.1, 0.15) is 15.9 Å². The number of carbonyl (C=O) groups excluding carboxylic acids is 1. The normalized spacial score (nSPS) is 10.2. The first-order valence-electron chi connectivity index (χ1n) is 5.70. The van der Waals surface area contributed by atoms with Crippen LogP contribution >= 0.6 is 0 Å². The Bertz CT molecular complexity index is 482. The summed E-state index contributed by atoms with van der Waals surface area (Å²) in [7, 11) is 0. The van der Waals surface area contributed by atoms with Crippen molar-refractivity contribution in [3.05, 3.63) is 71.8 Å². The fourth-order valence-electron chi connectivity index (χ4n) is 1.49. The van der Waals surface area contributed by atoms with E-state index in [1.54, 1.807) is 0 Å². The van der Waals surface area contributed by atoms with Gasteiger partial charge in [0, 0.05) is 0 Å². The van der Waals surface area contributed by atoms with Crippen molar-refractivity contribution in [3.8, 4) is 0 Å². The standard InChI is InChI=1S/C15H14O2Se/c16-15(14-9-5-2-6-10-14)18-12-17-11-13-7-3-1-4-8-13/h1-10H,11-12H2. The zero-order valence-corrected chi connectivity index (χ0v) is 11.6. The van der Waals surface area contributed by atoms with Gasteiger partial charge in [0.05, 0.1) is 0 Å². The van der Waals surface area contributed by atoms with Gasteiger partial charge in [-0.15, -0.1) is 0 Å². The number of hydrogen-bond donors (Lipinski definition) is 0. The van der Waals surface area contributed by atoms with Crippen LogP contribution < -0.4 is 0 Å². The van der Waals surface area contributed by atoms with Crippen LogP contribution in [0, 0.1) is 0 Å². The van der Waals surface area contributed by atoms with Crippen LogP contribution in [-0.4, -0.2) is 25.1 Å². The fourth-order valence-corrected chi connectivity index (χ4v) is 2.70. The van der Waals surface area contributed by atoms with Crippen LogP contribution in [0.3, 0.4) is 0 Å². The molecular formula is C15H14O2Se. The number of carbonyl (C=O) groups is 1. The zero-order valence-electron chi connectivity index (χ0n) is 9.91. The maximum absolute atomic E-state index is 11.8. The molecule has 2 aromatic rings. The van der Waals surface area contributed by atoms with E-state index in [4.69, 9.17) is 4.74 Å². The SMILES string of the molecule is O=C([Se]COCc1ccccc1)c1ccccc1. The fraction of sp³-hybridized carbons (Fsp3) is 0.133. The molecule has 0 aliphatic heterocycles. The molecule has 0 unspecified atom stereocenters. The van der Waals surface area contributed by atoms with Crippen LogP contribution in [0.25, 0.3) is 0 Å². The minimum atomic E-state index is -0.143. The minimum absolute atomic E-state index is 0.143. The summed E-state index contributed by atoms with van der Waals surface area (Å²) in [5.74, 6) is 0. The van der Waals surface area contributed by atoms with E-state index in [-0.39, 0.29) is 19.6 Å². The third-order valence-corrected chi connectivity index (χ3v) is 4.04. The first kappa shape index (κ1) is 13.0. The van der Waals surface area contributed by atoms with Crippen molar-refractivity contribution in [1.82, 2.24) is 0 Å². The molecule has 0 saturated carbocycles. The van der Waals surface area contributed by atoms with Crippen molar-refractivity contribution in [2.24, 2.45) is 0 Å². The molecule has 92 valence electrons. The van der Waals surface area contributed by atoms with Crippen molar-refractivity contribution in [2.75, 3.05) is 5.51 Å². The summed E-state index contributed by atoms with van der Waals surface area (Å²) in [4.78, 5) is 11.8. The van der Waals surface area contributed by atoms with Crippen LogP contribution in [0.2, 0.25) is 0 Å². The second-order valence-corrected chi connectivity index (χ2v) is 5.63. The van der Waals surface area contributed by atoms with Crippen molar-refractivity contribution in [3.63, 3.8) is 0 Å². The molecule has 0 heterocycles. The first-order valence-corrected chi connectivity index (χ1v) is 7.77. The van der Waals surface area contributed by atoms with Crippen LogP contribution in [0.5, 0.6) is 0 Å².